The summed E-state index contributed by atoms with van der Waals surface area (Å²) in [5.41, 5.74) is 0. The van der Waals surface area contributed by atoms with E-state index in [0.29, 0.717) is 0 Å². The molecule has 1 aliphatic heterocycles. The average Bonchev–Trinajstić information content (AvgIpc) is 2.18. The Balaban J connectivity index is 1.99. The van der Waals surface area contributed by atoms with Crippen LogP contribution in [0.5, 0.6) is 0 Å². The Labute approximate surface area is 82.5 Å². The number of likely N-dealkylation sites (tertiary alicyclic amines) is 1. The van der Waals surface area contributed by atoms with Crippen molar-refractivity contribution in [2.75, 3.05) is 19.6 Å². The van der Waals surface area contributed by atoms with Crippen LogP contribution in [0.1, 0.15) is 39.5 Å². The minimum absolute atomic E-state index is 0.957. The first-order valence-electron chi connectivity index (χ1n) is 6.03. The van der Waals surface area contributed by atoms with E-state index in [9.17, 15) is 0 Å². The van der Waals surface area contributed by atoms with Gasteiger partial charge in [-0.3, -0.25) is 0 Å². The van der Waals surface area contributed by atoms with Gasteiger partial charge in [0.1, 0.15) is 0 Å². The number of rotatable bonds is 1. The Hall–Kier alpha value is -0.0400. The predicted octanol–water partition coefficient (Wildman–Crippen LogP) is 2.76. The maximum Gasteiger partial charge on any atom is 0.00124 e. The molecule has 2 aliphatic rings. The molecule has 0 amide bonds. The molecule has 0 aromatic rings. The van der Waals surface area contributed by atoms with Crippen LogP contribution in [0, 0.1) is 17.8 Å². The number of hydrogen-bond acceptors (Lipinski definition) is 1. The van der Waals surface area contributed by atoms with Gasteiger partial charge >= 0.3 is 0 Å². The average molecular weight is 181 g/mol. The van der Waals surface area contributed by atoms with Crippen molar-refractivity contribution in [3.05, 3.63) is 0 Å². The molecule has 0 aromatic carbocycles. The van der Waals surface area contributed by atoms with Gasteiger partial charge in [-0.25, -0.2) is 0 Å². The summed E-state index contributed by atoms with van der Waals surface area (Å²) in [6, 6.07) is 0. The van der Waals surface area contributed by atoms with Crippen LogP contribution < -0.4 is 0 Å². The van der Waals surface area contributed by atoms with Gasteiger partial charge in [0.2, 0.25) is 0 Å². The maximum absolute atomic E-state index is 2.65. The van der Waals surface area contributed by atoms with Gasteiger partial charge in [0.25, 0.3) is 0 Å². The summed E-state index contributed by atoms with van der Waals surface area (Å²) in [5, 5.41) is 0. The predicted molar refractivity (Wildman–Crippen MR) is 56.7 cm³/mol. The molecule has 1 saturated heterocycles. The summed E-state index contributed by atoms with van der Waals surface area (Å²) in [4.78, 5) is 2.65. The molecule has 1 heterocycles. The molecule has 0 radical (unpaired) electrons. The lowest BCUT2D eigenvalue weighted by molar-refractivity contribution is 0.0445. The SMILES string of the molecule is CCN1CC2CCCC[C@@H]2[C@@H](C)C1. The fraction of sp³-hybridized carbons (Fsp3) is 1.00. The number of hydrogen-bond donors (Lipinski definition) is 0. The minimum Gasteiger partial charge on any atom is -0.303 e. The monoisotopic (exact) mass is 181 g/mol. The first-order chi connectivity index (χ1) is 6.31. The highest BCUT2D eigenvalue weighted by molar-refractivity contribution is 4.86. The molecule has 0 aromatic heterocycles. The molecule has 3 atom stereocenters. The highest BCUT2D eigenvalue weighted by Gasteiger charge is 2.34. The molecule has 76 valence electrons. The molecule has 0 bridgehead atoms. The summed E-state index contributed by atoms with van der Waals surface area (Å²) < 4.78 is 0. The summed E-state index contributed by atoms with van der Waals surface area (Å²) >= 11 is 0. The van der Waals surface area contributed by atoms with Gasteiger partial charge < -0.3 is 4.90 Å². The van der Waals surface area contributed by atoms with Gasteiger partial charge in [-0.15, -0.1) is 0 Å². The molecular formula is C12H23N. The van der Waals surface area contributed by atoms with Crippen LogP contribution in [0.25, 0.3) is 0 Å². The Morgan fingerprint density at radius 2 is 1.92 bits per heavy atom. The normalized spacial score (nSPS) is 41.5. The molecule has 2 rings (SSSR count). The van der Waals surface area contributed by atoms with Gasteiger partial charge in [-0.2, -0.15) is 0 Å². The molecule has 1 saturated carbocycles. The van der Waals surface area contributed by atoms with E-state index in [-0.39, 0.29) is 0 Å². The molecule has 0 N–H and O–H groups in total. The zero-order chi connectivity index (χ0) is 9.26. The molecular weight excluding hydrogens is 158 g/mol. The molecule has 1 heteroatoms. The Morgan fingerprint density at radius 3 is 2.69 bits per heavy atom. The van der Waals surface area contributed by atoms with Gasteiger partial charge in [0.05, 0.1) is 0 Å². The number of nitrogens with zero attached hydrogens (tertiary/aromatic N) is 1. The Kier molecular flexibility index (Phi) is 2.92. The van der Waals surface area contributed by atoms with Crippen molar-refractivity contribution in [3.8, 4) is 0 Å². The van der Waals surface area contributed by atoms with E-state index in [0.717, 1.165) is 17.8 Å². The zero-order valence-electron chi connectivity index (χ0n) is 9.13. The first kappa shape index (κ1) is 9.51. The smallest absolute Gasteiger partial charge is 0.00124 e. The number of fused-ring (bicyclic) bond motifs is 1. The van der Waals surface area contributed by atoms with E-state index < -0.39 is 0 Å². The summed E-state index contributed by atoms with van der Waals surface area (Å²) in [5.74, 6) is 3.06. The topological polar surface area (TPSA) is 3.24 Å². The van der Waals surface area contributed by atoms with Crippen LogP contribution in [0.4, 0.5) is 0 Å². The van der Waals surface area contributed by atoms with Crippen molar-refractivity contribution in [2.24, 2.45) is 17.8 Å². The van der Waals surface area contributed by atoms with Crippen LogP contribution in [0.2, 0.25) is 0 Å². The standard InChI is InChI=1S/C12H23N/c1-3-13-8-10(2)12-7-5-4-6-11(12)9-13/h10-12H,3-9H2,1-2H3/t10-,11?,12+/m0/s1. The van der Waals surface area contributed by atoms with Crippen molar-refractivity contribution in [1.29, 1.82) is 0 Å². The van der Waals surface area contributed by atoms with Crippen molar-refractivity contribution in [2.45, 2.75) is 39.5 Å². The quantitative estimate of drug-likeness (QED) is 0.601. The highest BCUT2D eigenvalue weighted by atomic mass is 15.1. The van der Waals surface area contributed by atoms with E-state index in [4.69, 9.17) is 0 Å². The lowest BCUT2D eigenvalue weighted by Crippen LogP contribution is -2.46. The summed E-state index contributed by atoms with van der Waals surface area (Å²) in [6.07, 6.45) is 6.01. The van der Waals surface area contributed by atoms with Crippen LogP contribution in [-0.4, -0.2) is 24.5 Å². The summed E-state index contributed by atoms with van der Waals surface area (Å²) in [7, 11) is 0. The largest absolute Gasteiger partial charge is 0.303 e. The molecule has 1 nitrogen and oxygen atoms in total. The van der Waals surface area contributed by atoms with Crippen molar-refractivity contribution in [3.63, 3.8) is 0 Å². The molecule has 2 fully saturated rings. The Bertz CT molecular complexity index is 167. The van der Waals surface area contributed by atoms with Crippen LogP contribution in [0.3, 0.4) is 0 Å². The van der Waals surface area contributed by atoms with E-state index >= 15 is 0 Å². The fourth-order valence-corrected chi connectivity index (χ4v) is 3.42. The van der Waals surface area contributed by atoms with E-state index in [1.165, 1.54) is 45.3 Å². The second-order valence-electron chi connectivity index (χ2n) is 5.04. The van der Waals surface area contributed by atoms with E-state index in [1.54, 1.807) is 0 Å². The van der Waals surface area contributed by atoms with Crippen LogP contribution in [-0.2, 0) is 0 Å². The van der Waals surface area contributed by atoms with Gasteiger partial charge in [-0.05, 0) is 37.1 Å². The highest BCUT2D eigenvalue weighted by Crippen LogP contribution is 2.38. The number of piperidine rings is 1. The minimum atomic E-state index is 0.957. The van der Waals surface area contributed by atoms with Crippen molar-refractivity contribution < 1.29 is 0 Å². The lowest BCUT2D eigenvalue weighted by atomic mass is 9.70. The van der Waals surface area contributed by atoms with Gasteiger partial charge in [-0.1, -0.05) is 26.7 Å². The lowest BCUT2D eigenvalue weighted by Gasteiger charge is -2.45. The molecule has 1 unspecified atom stereocenters. The molecule has 13 heavy (non-hydrogen) atoms. The molecule has 1 aliphatic carbocycles. The van der Waals surface area contributed by atoms with Crippen LogP contribution in [0.15, 0.2) is 0 Å². The Morgan fingerprint density at radius 1 is 1.15 bits per heavy atom. The zero-order valence-corrected chi connectivity index (χ0v) is 9.13. The third kappa shape index (κ3) is 1.90. The second-order valence-corrected chi connectivity index (χ2v) is 5.04. The van der Waals surface area contributed by atoms with E-state index in [1.807, 2.05) is 0 Å². The molecule has 0 spiro atoms. The van der Waals surface area contributed by atoms with Gasteiger partial charge in [0, 0.05) is 13.1 Å². The van der Waals surface area contributed by atoms with Crippen LogP contribution >= 0.6 is 0 Å². The maximum atomic E-state index is 2.65. The second kappa shape index (κ2) is 4.00. The third-order valence-corrected chi connectivity index (χ3v) is 4.18. The van der Waals surface area contributed by atoms with Gasteiger partial charge in [0.15, 0.2) is 0 Å². The summed E-state index contributed by atoms with van der Waals surface area (Å²) in [6.45, 7) is 8.78. The third-order valence-electron chi connectivity index (χ3n) is 4.18. The van der Waals surface area contributed by atoms with E-state index in [2.05, 4.69) is 18.7 Å². The fourth-order valence-electron chi connectivity index (χ4n) is 3.42. The van der Waals surface area contributed by atoms with Crippen molar-refractivity contribution in [1.82, 2.24) is 4.90 Å². The first-order valence-corrected chi connectivity index (χ1v) is 6.03. The van der Waals surface area contributed by atoms with Crippen molar-refractivity contribution >= 4 is 0 Å².